The van der Waals surface area contributed by atoms with Crippen molar-refractivity contribution in [2.45, 2.75) is 25.0 Å². The maximum atomic E-state index is 11.4. The summed E-state index contributed by atoms with van der Waals surface area (Å²) in [6, 6.07) is 0.207. The highest BCUT2D eigenvalue weighted by molar-refractivity contribution is 5.92. The van der Waals surface area contributed by atoms with E-state index in [0.29, 0.717) is 0 Å². The molecule has 2 amide bonds. The van der Waals surface area contributed by atoms with Crippen LogP contribution in [-0.4, -0.2) is 49.1 Å². The third-order valence-electron chi connectivity index (χ3n) is 2.92. The molecule has 78 valence electrons. The van der Waals surface area contributed by atoms with Crippen molar-refractivity contribution in [2.24, 2.45) is 0 Å². The molecule has 1 N–H and O–H groups in total. The van der Waals surface area contributed by atoms with Crippen LogP contribution in [0, 0.1) is 0 Å². The number of amides is 2. The molecule has 1 saturated carbocycles. The second kappa shape index (κ2) is 3.57. The van der Waals surface area contributed by atoms with Crippen molar-refractivity contribution >= 4 is 11.8 Å². The SMILES string of the molecule is COC1CC(N2CC(=O)NCC2=O)C1. The minimum atomic E-state index is -0.0644. The van der Waals surface area contributed by atoms with E-state index < -0.39 is 0 Å². The molecule has 2 aliphatic rings. The zero-order chi connectivity index (χ0) is 10.1. The second-order valence-corrected chi connectivity index (χ2v) is 3.78. The van der Waals surface area contributed by atoms with E-state index in [9.17, 15) is 9.59 Å². The van der Waals surface area contributed by atoms with Crippen LogP contribution in [0.25, 0.3) is 0 Å². The normalized spacial score (nSPS) is 32.5. The van der Waals surface area contributed by atoms with Crippen molar-refractivity contribution in [1.29, 1.82) is 0 Å². The van der Waals surface area contributed by atoms with Gasteiger partial charge >= 0.3 is 0 Å². The predicted molar refractivity (Wildman–Crippen MR) is 48.5 cm³/mol. The Morgan fingerprint density at radius 2 is 2.14 bits per heavy atom. The molecule has 5 heteroatoms. The van der Waals surface area contributed by atoms with E-state index in [0.717, 1.165) is 12.8 Å². The van der Waals surface area contributed by atoms with E-state index in [4.69, 9.17) is 4.74 Å². The van der Waals surface area contributed by atoms with E-state index >= 15 is 0 Å². The number of rotatable bonds is 2. The number of hydrogen-bond acceptors (Lipinski definition) is 3. The molecule has 14 heavy (non-hydrogen) atoms. The Morgan fingerprint density at radius 1 is 1.43 bits per heavy atom. The Bertz CT molecular complexity index is 261. The molecule has 1 aliphatic heterocycles. The third-order valence-corrected chi connectivity index (χ3v) is 2.92. The topological polar surface area (TPSA) is 58.6 Å². The molecule has 1 heterocycles. The fraction of sp³-hybridized carbons (Fsp3) is 0.778. The molecular formula is C9H14N2O3. The van der Waals surface area contributed by atoms with Crippen LogP contribution in [0.4, 0.5) is 0 Å². The van der Waals surface area contributed by atoms with Gasteiger partial charge in [0.15, 0.2) is 0 Å². The highest BCUT2D eigenvalue weighted by Crippen LogP contribution is 2.28. The summed E-state index contributed by atoms with van der Waals surface area (Å²) in [5, 5.41) is 2.53. The first-order valence-electron chi connectivity index (χ1n) is 4.79. The molecule has 0 atom stereocenters. The van der Waals surface area contributed by atoms with Crippen LogP contribution in [0.15, 0.2) is 0 Å². The van der Waals surface area contributed by atoms with Crippen molar-refractivity contribution in [3.63, 3.8) is 0 Å². The van der Waals surface area contributed by atoms with Gasteiger partial charge in [-0.25, -0.2) is 0 Å². The molecule has 0 spiro atoms. The van der Waals surface area contributed by atoms with E-state index in [-0.39, 0.29) is 37.0 Å². The fourth-order valence-electron chi connectivity index (χ4n) is 1.89. The molecule has 0 radical (unpaired) electrons. The van der Waals surface area contributed by atoms with Gasteiger partial charge in [-0.05, 0) is 12.8 Å². The van der Waals surface area contributed by atoms with Crippen LogP contribution >= 0.6 is 0 Å². The van der Waals surface area contributed by atoms with Crippen LogP contribution in [0.2, 0.25) is 0 Å². The lowest BCUT2D eigenvalue weighted by Gasteiger charge is -2.43. The van der Waals surface area contributed by atoms with E-state index in [1.165, 1.54) is 0 Å². The molecule has 5 nitrogen and oxygen atoms in total. The van der Waals surface area contributed by atoms with E-state index in [1.54, 1.807) is 12.0 Å². The summed E-state index contributed by atoms with van der Waals surface area (Å²) in [5.74, 6) is -0.0466. The second-order valence-electron chi connectivity index (χ2n) is 3.78. The standard InChI is InChI=1S/C9H14N2O3/c1-14-7-2-6(3-7)11-5-8(12)10-4-9(11)13/h6-7H,2-5H2,1H3,(H,10,12). The number of ether oxygens (including phenoxy) is 1. The summed E-state index contributed by atoms with van der Waals surface area (Å²) in [6.45, 7) is 0.354. The van der Waals surface area contributed by atoms with Gasteiger partial charge in [-0.1, -0.05) is 0 Å². The molecule has 1 saturated heterocycles. The molecule has 0 unspecified atom stereocenters. The summed E-state index contributed by atoms with van der Waals surface area (Å²) < 4.78 is 5.13. The first-order chi connectivity index (χ1) is 6.70. The van der Waals surface area contributed by atoms with Gasteiger partial charge in [-0.3, -0.25) is 9.59 Å². The monoisotopic (exact) mass is 198 g/mol. The Morgan fingerprint density at radius 3 is 2.79 bits per heavy atom. The van der Waals surface area contributed by atoms with Gasteiger partial charge in [0.25, 0.3) is 0 Å². The lowest BCUT2D eigenvalue weighted by molar-refractivity contribution is -0.147. The summed E-state index contributed by atoms with van der Waals surface area (Å²) in [5.41, 5.74) is 0. The van der Waals surface area contributed by atoms with Crippen molar-refractivity contribution < 1.29 is 14.3 Å². The predicted octanol–water partition coefficient (Wildman–Crippen LogP) is -0.878. The number of hydrogen-bond donors (Lipinski definition) is 1. The van der Waals surface area contributed by atoms with Gasteiger partial charge in [0.1, 0.15) is 0 Å². The van der Waals surface area contributed by atoms with Crippen molar-refractivity contribution in [3.05, 3.63) is 0 Å². The summed E-state index contributed by atoms with van der Waals surface area (Å²) in [7, 11) is 1.67. The van der Waals surface area contributed by atoms with Gasteiger partial charge in [-0.15, -0.1) is 0 Å². The number of piperazine rings is 1. The lowest BCUT2D eigenvalue weighted by atomic mass is 9.87. The Kier molecular flexibility index (Phi) is 2.41. The van der Waals surface area contributed by atoms with Crippen LogP contribution in [-0.2, 0) is 14.3 Å². The molecule has 1 aliphatic carbocycles. The summed E-state index contributed by atoms with van der Waals surface area (Å²) in [6.07, 6.45) is 1.98. The van der Waals surface area contributed by atoms with Crippen LogP contribution in [0.5, 0.6) is 0 Å². The Hall–Kier alpha value is -1.10. The molecule has 0 aromatic rings. The lowest BCUT2D eigenvalue weighted by Crippen LogP contribution is -2.59. The average molecular weight is 198 g/mol. The van der Waals surface area contributed by atoms with Crippen molar-refractivity contribution in [1.82, 2.24) is 10.2 Å². The smallest absolute Gasteiger partial charge is 0.242 e. The number of nitrogens with zero attached hydrogens (tertiary/aromatic N) is 1. The quantitative estimate of drug-likeness (QED) is 0.627. The molecule has 2 fully saturated rings. The molecule has 0 aromatic heterocycles. The van der Waals surface area contributed by atoms with Crippen molar-refractivity contribution in [3.8, 4) is 0 Å². The highest BCUT2D eigenvalue weighted by Gasteiger charge is 2.38. The number of carbonyl (C=O) groups excluding carboxylic acids is 2. The maximum Gasteiger partial charge on any atom is 0.242 e. The molecule has 0 bridgehead atoms. The molecule has 2 rings (SSSR count). The summed E-state index contributed by atoms with van der Waals surface area (Å²) >= 11 is 0. The van der Waals surface area contributed by atoms with Gasteiger partial charge in [-0.2, -0.15) is 0 Å². The van der Waals surface area contributed by atoms with Crippen LogP contribution in [0.3, 0.4) is 0 Å². The molecule has 0 aromatic carbocycles. The zero-order valence-electron chi connectivity index (χ0n) is 8.16. The number of methoxy groups -OCH3 is 1. The Balaban J connectivity index is 1.90. The van der Waals surface area contributed by atoms with Crippen molar-refractivity contribution in [2.75, 3.05) is 20.2 Å². The fourth-order valence-corrected chi connectivity index (χ4v) is 1.89. The van der Waals surface area contributed by atoms with Gasteiger partial charge < -0.3 is 15.0 Å². The van der Waals surface area contributed by atoms with E-state index in [1.807, 2.05) is 0 Å². The zero-order valence-corrected chi connectivity index (χ0v) is 8.16. The van der Waals surface area contributed by atoms with E-state index in [2.05, 4.69) is 5.32 Å². The highest BCUT2D eigenvalue weighted by atomic mass is 16.5. The van der Waals surface area contributed by atoms with Crippen LogP contribution < -0.4 is 5.32 Å². The van der Waals surface area contributed by atoms with Gasteiger partial charge in [0, 0.05) is 13.2 Å². The first kappa shape index (κ1) is 9.45. The number of nitrogens with one attached hydrogen (secondary N) is 1. The van der Waals surface area contributed by atoms with Gasteiger partial charge in [0.05, 0.1) is 19.2 Å². The minimum Gasteiger partial charge on any atom is -0.381 e. The number of carbonyl (C=O) groups is 2. The largest absolute Gasteiger partial charge is 0.381 e. The maximum absolute atomic E-state index is 11.4. The molecular weight excluding hydrogens is 184 g/mol. The van der Waals surface area contributed by atoms with Gasteiger partial charge in [0.2, 0.25) is 11.8 Å². The average Bonchev–Trinajstić information content (AvgIpc) is 2.09. The van der Waals surface area contributed by atoms with Crippen LogP contribution in [0.1, 0.15) is 12.8 Å². The Labute approximate surface area is 82.4 Å². The summed E-state index contributed by atoms with van der Waals surface area (Å²) in [4.78, 5) is 24.2. The minimum absolute atomic E-state index is 0.0177. The first-order valence-corrected chi connectivity index (χ1v) is 4.79. The third kappa shape index (κ3) is 1.59.